The summed E-state index contributed by atoms with van der Waals surface area (Å²) in [7, 11) is -3.38. The molecule has 0 saturated carbocycles. The maximum Gasteiger partial charge on any atom is 0.250 e. The lowest BCUT2D eigenvalue weighted by atomic mass is 9.82. The Morgan fingerprint density at radius 2 is 2.00 bits per heavy atom. The summed E-state index contributed by atoms with van der Waals surface area (Å²) in [6.45, 7) is 12.7. The first-order valence-electron chi connectivity index (χ1n) is 7.44. The molecule has 21 heavy (non-hydrogen) atoms. The van der Waals surface area contributed by atoms with Crippen molar-refractivity contribution < 1.29 is 8.42 Å². The Balaban J connectivity index is 2.62. The second-order valence-corrected chi connectivity index (χ2v) is 9.47. The highest BCUT2D eigenvalue weighted by atomic mass is 32.2. The number of rotatable bonds is 8. The second kappa shape index (κ2) is 7.72. The predicted octanol–water partition coefficient (Wildman–Crippen LogP) is 3.21. The average Bonchev–Trinajstić information content (AvgIpc) is 2.85. The van der Waals surface area contributed by atoms with E-state index in [9.17, 15) is 8.42 Å². The molecule has 0 aliphatic rings. The van der Waals surface area contributed by atoms with Crippen molar-refractivity contribution >= 4 is 21.4 Å². The van der Waals surface area contributed by atoms with Crippen molar-refractivity contribution in [1.29, 1.82) is 0 Å². The minimum atomic E-state index is -3.38. The highest BCUT2D eigenvalue weighted by molar-refractivity contribution is 7.91. The molecule has 0 bridgehead atoms. The molecule has 1 aromatic rings. The van der Waals surface area contributed by atoms with Gasteiger partial charge in [0.15, 0.2) is 0 Å². The maximum atomic E-state index is 12.3. The van der Waals surface area contributed by atoms with E-state index in [0.29, 0.717) is 10.8 Å². The van der Waals surface area contributed by atoms with Gasteiger partial charge in [-0.15, -0.1) is 11.3 Å². The van der Waals surface area contributed by atoms with Gasteiger partial charge in [0.2, 0.25) is 10.0 Å². The summed E-state index contributed by atoms with van der Waals surface area (Å²) < 4.78 is 27.7. The molecule has 4 nitrogen and oxygen atoms in total. The zero-order valence-corrected chi connectivity index (χ0v) is 15.3. The molecule has 1 unspecified atom stereocenters. The topological polar surface area (TPSA) is 58.2 Å². The fourth-order valence-electron chi connectivity index (χ4n) is 1.61. The van der Waals surface area contributed by atoms with Crippen LogP contribution in [0.5, 0.6) is 0 Å². The first-order valence-corrected chi connectivity index (χ1v) is 9.81. The Morgan fingerprint density at radius 3 is 2.57 bits per heavy atom. The smallest absolute Gasteiger partial charge is 0.250 e. The Labute approximate surface area is 133 Å². The van der Waals surface area contributed by atoms with Crippen LogP contribution in [0.2, 0.25) is 0 Å². The van der Waals surface area contributed by atoms with Gasteiger partial charge in [-0.05, 0) is 41.3 Å². The van der Waals surface area contributed by atoms with E-state index >= 15 is 0 Å². The van der Waals surface area contributed by atoms with E-state index in [0.717, 1.165) is 25.1 Å². The molecule has 0 aliphatic heterocycles. The number of thiophene rings is 1. The molecule has 0 spiro atoms. The molecule has 1 rings (SSSR count). The van der Waals surface area contributed by atoms with Crippen LogP contribution < -0.4 is 10.0 Å². The van der Waals surface area contributed by atoms with Crippen molar-refractivity contribution in [3.63, 3.8) is 0 Å². The predicted molar refractivity (Wildman–Crippen MR) is 90.1 cm³/mol. The minimum absolute atomic E-state index is 0.0905. The lowest BCUT2D eigenvalue weighted by molar-refractivity contribution is 0.263. The van der Waals surface area contributed by atoms with Crippen LogP contribution in [0, 0.1) is 11.3 Å². The summed E-state index contributed by atoms with van der Waals surface area (Å²) in [4.78, 5) is 0. The van der Waals surface area contributed by atoms with Crippen LogP contribution in [0.25, 0.3) is 0 Å². The molecule has 0 aromatic carbocycles. The van der Waals surface area contributed by atoms with E-state index in [4.69, 9.17) is 0 Å². The number of sulfonamides is 1. The largest absolute Gasteiger partial charge is 0.313 e. The lowest BCUT2D eigenvalue weighted by Gasteiger charge is -2.27. The van der Waals surface area contributed by atoms with Gasteiger partial charge in [0.1, 0.15) is 4.21 Å². The van der Waals surface area contributed by atoms with E-state index in [1.54, 1.807) is 6.07 Å². The van der Waals surface area contributed by atoms with Crippen LogP contribution >= 0.6 is 11.3 Å². The van der Waals surface area contributed by atoms with Gasteiger partial charge in [-0.25, -0.2) is 13.1 Å². The van der Waals surface area contributed by atoms with Crippen molar-refractivity contribution in [1.82, 2.24) is 10.0 Å². The lowest BCUT2D eigenvalue weighted by Crippen LogP contribution is -2.33. The monoisotopic (exact) mass is 332 g/mol. The summed E-state index contributed by atoms with van der Waals surface area (Å²) in [5.41, 5.74) is 1.12. The third-order valence-corrected chi connectivity index (χ3v) is 6.62. The van der Waals surface area contributed by atoms with Gasteiger partial charge in [0, 0.05) is 13.1 Å². The highest BCUT2D eigenvalue weighted by Crippen LogP contribution is 2.25. The van der Waals surface area contributed by atoms with Crippen LogP contribution in [-0.4, -0.2) is 21.5 Å². The van der Waals surface area contributed by atoms with E-state index < -0.39 is 10.0 Å². The number of hydrogen-bond acceptors (Lipinski definition) is 4. The van der Waals surface area contributed by atoms with Crippen LogP contribution in [-0.2, 0) is 16.6 Å². The maximum absolute atomic E-state index is 12.3. The summed E-state index contributed by atoms with van der Waals surface area (Å²) in [5, 5.41) is 5.18. The fraction of sp³-hybridized carbons (Fsp3) is 0.733. The van der Waals surface area contributed by atoms with Crippen LogP contribution in [0.4, 0.5) is 0 Å². The molecule has 0 fully saturated rings. The number of nitrogens with one attached hydrogen (secondary N) is 2. The Morgan fingerprint density at radius 1 is 1.33 bits per heavy atom. The van der Waals surface area contributed by atoms with Crippen LogP contribution in [0.3, 0.4) is 0 Å². The summed E-state index contributed by atoms with van der Waals surface area (Å²) in [6.07, 6.45) is 1.07. The molecule has 1 atom stereocenters. The first kappa shape index (κ1) is 18.6. The van der Waals surface area contributed by atoms with Gasteiger partial charge in [0.25, 0.3) is 0 Å². The van der Waals surface area contributed by atoms with E-state index in [2.05, 4.69) is 44.7 Å². The van der Waals surface area contributed by atoms with Gasteiger partial charge >= 0.3 is 0 Å². The normalized spacial score (nSPS) is 14.3. The summed E-state index contributed by atoms with van der Waals surface area (Å²) in [5.74, 6) is 0.276. The van der Waals surface area contributed by atoms with E-state index in [1.807, 2.05) is 5.38 Å². The average molecular weight is 333 g/mol. The van der Waals surface area contributed by atoms with Crippen molar-refractivity contribution in [2.24, 2.45) is 11.3 Å². The summed E-state index contributed by atoms with van der Waals surface area (Å²) >= 11 is 1.28. The zero-order chi connectivity index (χ0) is 16.1. The van der Waals surface area contributed by atoms with Gasteiger partial charge in [-0.1, -0.05) is 34.6 Å². The van der Waals surface area contributed by atoms with Gasteiger partial charge < -0.3 is 5.32 Å². The molecular formula is C15H28N2O2S2. The Hall–Kier alpha value is -0.430. The highest BCUT2D eigenvalue weighted by Gasteiger charge is 2.23. The van der Waals surface area contributed by atoms with Gasteiger partial charge in [0.05, 0.1) is 0 Å². The SMILES string of the molecule is CCCNCc1csc(S(=O)(=O)NCC(C)C(C)(C)C)c1. The number of hydrogen-bond donors (Lipinski definition) is 2. The molecule has 0 saturated heterocycles. The second-order valence-electron chi connectivity index (χ2n) is 6.57. The van der Waals surface area contributed by atoms with Crippen LogP contribution in [0.15, 0.2) is 15.7 Å². The third kappa shape index (κ3) is 6.06. The van der Waals surface area contributed by atoms with Gasteiger partial charge in [-0.3, -0.25) is 0 Å². The van der Waals surface area contributed by atoms with E-state index in [-0.39, 0.29) is 11.3 Å². The van der Waals surface area contributed by atoms with Crippen molar-refractivity contribution in [2.75, 3.05) is 13.1 Å². The molecule has 1 aromatic heterocycles. The quantitative estimate of drug-likeness (QED) is 0.719. The molecule has 0 amide bonds. The fourth-order valence-corrected chi connectivity index (χ4v) is 3.99. The van der Waals surface area contributed by atoms with Crippen molar-refractivity contribution in [3.8, 4) is 0 Å². The molecule has 0 radical (unpaired) electrons. The van der Waals surface area contributed by atoms with Gasteiger partial charge in [-0.2, -0.15) is 0 Å². The third-order valence-electron chi connectivity index (χ3n) is 3.71. The molecule has 6 heteroatoms. The van der Waals surface area contributed by atoms with Crippen molar-refractivity contribution in [3.05, 3.63) is 17.0 Å². The van der Waals surface area contributed by atoms with Crippen LogP contribution in [0.1, 0.15) is 46.6 Å². The zero-order valence-electron chi connectivity index (χ0n) is 13.7. The Kier molecular flexibility index (Phi) is 6.84. The molecule has 2 N–H and O–H groups in total. The van der Waals surface area contributed by atoms with E-state index in [1.165, 1.54) is 11.3 Å². The molecule has 0 aliphatic carbocycles. The molecule has 122 valence electrons. The minimum Gasteiger partial charge on any atom is -0.313 e. The Bertz CT molecular complexity index is 530. The van der Waals surface area contributed by atoms with Crippen molar-refractivity contribution in [2.45, 2.75) is 51.8 Å². The molecular weight excluding hydrogens is 304 g/mol. The molecule has 1 heterocycles. The standard InChI is InChI=1S/C15H28N2O2S2/c1-6-7-16-10-13-8-14(20-11-13)21(18,19)17-9-12(2)15(3,4)5/h8,11-12,16-17H,6-7,9-10H2,1-5H3. The summed E-state index contributed by atoms with van der Waals surface area (Å²) in [6, 6.07) is 1.76. The first-order chi connectivity index (χ1) is 9.66.